The van der Waals surface area contributed by atoms with E-state index in [-0.39, 0.29) is 12.5 Å². The van der Waals surface area contributed by atoms with Gasteiger partial charge in [-0.25, -0.2) is 9.89 Å². The molecule has 0 unspecified atom stereocenters. The number of fused-ring (bicyclic) bond motifs is 1. The van der Waals surface area contributed by atoms with Crippen LogP contribution in [0.4, 0.5) is 0 Å². The highest BCUT2D eigenvalue weighted by Crippen LogP contribution is 2.32. The minimum Gasteiger partial charge on any atom is -0.497 e. The van der Waals surface area contributed by atoms with Gasteiger partial charge >= 0.3 is 5.69 Å². The van der Waals surface area contributed by atoms with Crippen LogP contribution in [0, 0.1) is 0 Å². The Morgan fingerprint density at radius 2 is 1.88 bits per heavy atom. The van der Waals surface area contributed by atoms with E-state index in [0.717, 1.165) is 28.4 Å². The van der Waals surface area contributed by atoms with Crippen LogP contribution in [0.2, 0.25) is 0 Å². The molecule has 7 heteroatoms. The van der Waals surface area contributed by atoms with Gasteiger partial charge in [0, 0.05) is 6.42 Å². The van der Waals surface area contributed by atoms with Crippen molar-refractivity contribution in [3.8, 4) is 17.2 Å². The molecule has 3 aromatic rings. The molecule has 1 aliphatic rings. The van der Waals surface area contributed by atoms with Crippen molar-refractivity contribution in [2.45, 2.75) is 13.0 Å². The SMILES string of the molecule is COc1ccc(Cn2c(Cc3ccc4c(c3)OCO4)n[nH]c2=O)cc1. The fourth-order valence-corrected chi connectivity index (χ4v) is 2.80. The van der Waals surface area contributed by atoms with E-state index in [1.54, 1.807) is 11.7 Å². The van der Waals surface area contributed by atoms with Gasteiger partial charge in [-0.2, -0.15) is 5.10 Å². The fraction of sp³-hybridized carbons (Fsp3) is 0.222. The van der Waals surface area contributed by atoms with E-state index < -0.39 is 0 Å². The van der Waals surface area contributed by atoms with E-state index in [1.165, 1.54) is 0 Å². The van der Waals surface area contributed by atoms with Gasteiger partial charge in [-0.3, -0.25) is 4.57 Å². The number of benzene rings is 2. The third-order valence-electron chi connectivity index (χ3n) is 4.14. The van der Waals surface area contributed by atoms with E-state index in [1.807, 2.05) is 42.5 Å². The van der Waals surface area contributed by atoms with Crippen LogP contribution < -0.4 is 19.9 Å². The summed E-state index contributed by atoms with van der Waals surface area (Å²) in [6.07, 6.45) is 0.519. The molecule has 0 spiro atoms. The van der Waals surface area contributed by atoms with Crippen LogP contribution in [0.5, 0.6) is 17.2 Å². The van der Waals surface area contributed by atoms with Crippen molar-refractivity contribution < 1.29 is 14.2 Å². The lowest BCUT2D eigenvalue weighted by Crippen LogP contribution is -2.19. The largest absolute Gasteiger partial charge is 0.497 e. The normalized spacial score (nSPS) is 12.4. The summed E-state index contributed by atoms with van der Waals surface area (Å²) >= 11 is 0. The number of ether oxygens (including phenoxy) is 3. The first-order valence-electron chi connectivity index (χ1n) is 7.88. The molecule has 1 aromatic heterocycles. The Kier molecular flexibility index (Phi) is 3.89. The predicted molar refractivity (Wildman–Crippen MR) is 90.3 cm³/mol. The van der Waals surface area contributed by atoms with Crippen molar-refractivity contribution in [2.24, 2.45) is 0 Å². The van der Waals surface area contributed by atoms with Crippen LogP contribution in [-0.4, -0.2) is 28.7 Å². The second-order valence-corrected chi connectivity index (χ2v) is 5.74. The number of hydrogen-bond donors (Lipinski definition) is 1. The molecule has 0 saturated carbocycles. The molecule has 2 aromatic carbocycles. The number of aromatic amines is 1. The smallest absolute Gasteiger partial charge is 0.343 e. The molecule has 0 saturated heterocycles. The van der Waals surface area contributed by atoms with Gasteiger partial charge in [0.25, 0.3) is 0 Å². The van der Waals surface area contributed by atoms with Gasteiger partial charge in [0.2, 0.25) is 6.79 Å². The third-order valence-corrected chi connectivity index (χ3v) is 4.14. The molecule has 0 fully saturated rings. The number of hydrogen-bond acceptors (Lipinski definition) is 5. The molecular formula is C18H17N3O4. The van der Waals surface area contributed by atoms with Gasteiger partial charge in [-0.05, 0) is 35.4 Å². The van der Waals surface area contributed by atoms with Crippen LogP contribution in [0.15, 0.2) is 47.3 Å². The van der Waals surface area contributed by atoms with E-state index in [2.05, 4.69) is 10.2 Å². The fourth-order valence-electron chi connectivity index (χ4n) is 2.80. The van der Waals surface area contributed by atoms with E-state index >= 15 is 0 Å². The molecule has 0 atom stereocenters. The van der Waals surface area contributed by atoms with Crippen molar-refractivity contribution in [2.75, 3.05) is 13.9 Å². The molecule has 25 heavy (non-hydrogen) atoms. The zero-order valence-corrected chi connectivity index (χ0v) is 13.7. The van der Waals surface area contributed by atoms with Crippen molar-refractivity contribution in [3.63, 3.8) is 0 Å². The zero-order chi connectivity index (χ0) is 17.2. The highest BCUT2D eigenvalue weighted by molar-refractivity contribution is 5.45. The van der Waals surface area contributed by atoms with Crippen LogP contribution >= 0.6 is 0 Å². The Morgan fingerprint density at radius 3 is 2.68 bits per heavy atom. The molecule has 4 rings (SSSR count). The lowest BCUT2D eigenvalue weighted by Gasteiger charge is -2.07. The average molecular weight is 339 g/mol. The van der Waals surface area contributed by atoms with Crippen LogP contribution in [-0.2, 0) is 13.0 Å². The first-order valence-corrected chi connectivity index (χ1v) is 7.88. The molecular weight excluding hydrogens is 322 g/mol. The first-order chi connectivity index (χ1) is 12.2. The molecule has 0 radical (unpaired) electrons. The van der Waals surface area contributed by atoms with Gasteiger partial charge in [0.1, 0.15) is 11.6 Å². The van der Waals surface area contributed by atoms with E-state index in [0.29, 0.717) is 18.8 Å². The Labute approximate surface area is 143 Å². The maximum absolute atomic E-state index is 12.1. The first kappa shape index (κ1) is 15.3. The Balaban J connectivity index is 1.57. The Morgan fingerprint density at radius 1 is 1.12 bits per heavy atom. The summed E-state index contributed by atoms with van der Waals surface area (Å²) in [6, 6.07) is 13.3. The summed E-state index contributed by atoms with van der Waals surface area (Å²) < 4.78 is 17.5. The third kappa shape index (κ3) is 3.08. The van der Waals surface area contributed by atoms with Crippen molar-refractivity contribution >= 4 is 0 Å². The number of methoxy groups -OCH3 is 1. The standard InChI is InChI=1S/C18H17N3O4/c1-23-14-5-2-12(3-6-14)10-21-17(19-20-18(21)22)9-13-4-7-15-16(8-13)25-11-24-15/h2-8H,9-11H2,1H3,(H,20,22). The number of H-pyrrole nitrogens is 1. The summed E-state index contributed by atoms with van der Waals surface area (Å²) in [5.41, 5.74) is 1.77. The topological polar surface area (TPSA) is 78.4 Å². The number of nitrogens with zero attached hydrogens (tertiary/aromatic N) is 2. The second-order valence-electron chi connectivity index (χ2n) is 5.74. The maximum atomic E-state index is 12.1. The van der Waals surface area contributed by atoms with Crippen LogP contribution in [0.25, 0.3) is 0 Å². The lowest BCUT2D eigenvalue weighted by molar-refractivity contribution is 0.174. The molecule has 128 valence electrons. The highest BCUT2D eigenvalue weighted by atomic mass is 16.7. The number of aromatic nitrogens is 3. The Hall–Kier alpha value is -3.22. The monoisotopic (exact) mass is 339 g/mol. The summed E-state index contributed by atoms with van der Waals surface area (Å²) in [7, 11) is 1.62. The van der Waals surface area contributed by atoms with Gasteiger partial charge in [-0.15, -0.1) is 0 Å². The molecule has 0 amide bonds. The van der Waals surface area contributed by atoms with Gasteiger partial charge in [-0.1, -0.05) is 18.2 Å². The molecule has 0 aliphatic carbocycles. The minimum absolute atomic E-state index is 0.230. The van der Waals surface area contributed by atoms with Gasteiger partial charge in [0.05, 0.1) is 13.7 Å². The molecule has 1 aliphatic heterocycles. The quantitative estimate of drug-likeness (QED) is 0.769. The zero-order valence-electron chi connectivity index (χ0n) is 13.7. The number of rotatable bonds is 5. The summed E-state index contributed by atoms with van der Waals surface area (Å²) in [5, 5.41) is 6.69. The summed E-state index contributed by atoms with van der Waals surface area (Å²) in [6.45, 7) is 0.683. The van der Waals surface area contributed by atoms with Crippen LogP contribution in [0.1, 0.15) is 17.0 Å². The van der Waals surface area contributed by atoms with Gasteiger partial charge in [0.15, 0.2) is 11.5 Å². The highest BCUT2D eigenvalue weighted by Gasteiger charge is 2.15. The summed E-state index contributed by atoms with van der Waals surface area (Å²) in [4.78, 5) is 12.1. The van der Waals surface area contributed by atoms with Gasteiger partial charge < -0.3 is 14.2 Å². The average Bonchev–Trinajstić information content (AvgIpc) is 3.23. The molecule has 0 bridgehead atoms. The van der Waals surface area contributed by atoms with E-state index in [4.69, 9.17) is 14.2 Å². The number of nitrogens with one attached hydrogen (secondary N) is 1. The van der Waals surface area contributed by atoms with Crippen molar-refractivity contribution in [1.82, 2.24) is 14.8 Å². The lowest BCUT2D eigenvalue weighted by atomic mass is 10.1. The van der Waals surface area contributed by atoms with Crippen molar-refractivity contribution in [3.05, 3.63) is 69.9 Å². The van der Waals surface area contributed by atoms with Crippen molar-refractivity contribution in [1.29, 1.82) is 0 Å². The van der Waals surface area contributed by atoms with E-state index in [9.17, 15) is 4.79 Å². The van der Waals surface area contributed by atoms with Crippen LogP contribution in [0.3, 0.4) is 0 Å². The maximum Gasteiger partial charge on any atom is 0.343 e. The minimum atomic E-state index is -0.230. The second kappa shape index (κ2) is 6.35. The summed E-state index contributed by atoms with van der Waals surface area (Å²) in [5.74, 6) is 2.90. The predicted octanol–water partition coefficient (Wildman–Crippen LogP) is 1.95. The molecule has 1 N–H and O–H groups in total. The molecule has 2 heterocycles. The molecule has 7 nitrogen and oxygen atoms in total. The Bertz CT molecular complexity index is 944.